The molecule has 3 aromatic carbocycles. The second kappa shape index (κ2) is 9.27. The van der Waals surface area contributed by atoms with Gasteiger partial charge in [-0.15, -0.1) is 0 Å². The van der Waals surface area contributed by atoms with E-state index in [1.165, 1.54) is 6.20 Å². The zero-order valence-corrected chi connectivity index (χ0v) is 17.1. The predicted octanol–water partition coefficient (Wildman–Crippen LogP) is 7.14. The molecule has 9 heteroatoms. The molecule has 4 aromatic rings. The molecule has 4 nitrogen and oxygen atoms in total. The minimum atomic E-state index is -2.58. The molecule has 0 aliphatic rings. The number of alkyl halides is 2. The second-order valence-electron chi connectivity index (χ2n) is 6.67. The molecule has 1 heterocycles. The Hall–Kier alpha value is -3.59. The van der Waals surface area contributed by atoms with E-state index in [9.17, 15) is 22.4 Å². The van der Waals surface area contributed by atoms with Crippen molar-refractivity contribution in [2.45, 2.75) is 10.7 Å². The number of hydrogen-bond acceptors (Lipinski definition) is 3. The fourth-order valence-corrected chi connectivity index (χ4v) is 3.76. The van der Waals surface area contributed by atoms with Gasteiger partial charge in [-0.1, -0.05) is 42.1 Å². The fourth-order valence-electron chi connectivity index (χ4n) is 3.23. The summed E-state index contributed by atoms with van der Waals surface area (Å²) in [6.45, 7) is 0. The number of thioether (sulfide) groups is 1. The van der Waals surface area contributed by atoms with Crippen molar-refractivity contribution in [3.8, 4) is 11.1 Å². The summed E-state index contributed by atoms with van der Waals surface area (Å²) in [5.74, 6) is -4.27. The van der Waals surface area contributed by atoms with Gasteiger partial charge in [0.15, 0.2) is 0 Å². The number of amides is 2. The minimum Gasteiger partial charge on any atom is -0.306 e. The third kappa shape index (κ3) is 4.83. The van der Waals surface area contributed by atoms with Crippen molar-refractivity contribution in [1.82, 2.24) is 4.98 Å². The summed E-state index contributed by atoms with van der Waals surface area (Å²) >= 11 is 0.408. The first-order valence-electron chi connectivity index (χ1n) is 9.37. The van der Waals surface area contributed by atoms with Crippen LogP contribution in [-0.2, 0) is 0 Å². The molecule has 4 rings (SSSR count). The van der Waals surface area contributed by atoms with E-state index in [2.05, 4.69) is 15.6 Å². The Labute approximate surface area is 184 Å². The topological polar surface area (TPSA) is 54.0 Å². The lowest BCUT2D eigenvalue weighted by Crippen LogP contribution is -2.20. The highest BCUT2D eigenvalue weighted by Crippen LogP contribution is 2.37. The van der Waals surface area contributed by atoms with Crippen LogP contribution in [0.25, 0.3) is 22.0 Å². The lowest BCUT2D eigenvalue weighted by molar-refractivity contribution is 0.252. The van der Waals surface area contributed by atoms with Gasteiger partial charge in [0, 0.05) is 21.9 Å². The number of carbonyl (C=O) groups is 1. The number of nitrogens with zero attached hydrogens (tertiary/aromatic N) is 1. The summed E-state index contributed by atoms with van der Waals surface area (Å²) in [4.78, 5) is 17.2. The van der Waals surface area contributed by atoms with E-state index in [0.29, 0.717) is 44.9 Å². The predicted molar refractivity (Wildman–Crippen MR) is 118 cm³/mol. The summed E-state index contributed by atoms with van der Waals surface area (Å²) in [6.07, 6.45) is 1.44. The Morgan fingerprint density at radius 1 is 0.906 bits per heavy atom. The maximum absolute atomic E-state index is 13.9. The van der Waals surface area contributed by atoms with E-state index < -0.39 is 23.4 Å². The van der Waals surface area contributed by atoms with Crippen LogP contribution in [-0.4, -0.2) is 16.8 Å². The van der Waals surface area contributed by atoms with Gasteiger partial charge >= 0.3 is 6.03 Å². The molecule has 0 unspecified atom stereocenters. The van der Waals surface area contributed by atoms with Gasteiger partial charge in [0.1, 0.15) is 11.6 Å². The highest BCUT2D eigenvalue weighted by Gasteiger charge is 2.16. The molecule has 0 saturated carbocycles. The third-order valence-electron chi connectivity index (χ3n) is 4.55. The number of anilines is 2. The molecular formula is C23H15F4N3OS. The largest absolute Gasteiger partial charge is 0.323 e. The molecular weight excluding hydrogens is 442 g/mol. The number of halogens is 4. The minimum absolute atomic E-state index is 0.200. The first-order valence-corrected chi connectivity index (χ1v) is 10.2. The summed E-state index contributed by atoms with van der Waals surface area (Å²) in [5, 5.41) is 5.51. The maximum Gasteiger partial charge on any atom is 0.323 e. The average molecular weight is 457 g/mol. The third-order valence-corrected chi connectivity index (χ3v) is 5.26. The maximum atomic E-state index is 13.9. The molecule has 0 saturated heterocycles. The molecule has 0 spiro atoms. The Kier molecular flexibility index (Phi) is 6.27. The van der Waals surface area contributed by atoms with E-state index in [-0.39, 0.29) is 5.69 Å². The first-order chi connectivity index (χ1) is 15.4. The molecule has 0 fully saturated rings. The lowest BCUT2D eigenvalue weighted by atomic mass is 9.99. The van der Waals surface area contributed by atoms with Gasteiger partial charge in [0.05, 0.1) is 23.1 Å². The van der Waals surface area contributed by atoms with E-state index in [0.717, 1.165) is 17.7 Å². The second-order valence-corrected chi connectivity index (χ2v) is 7.74. The van der Waals surface area contributed by atoms with Gasteiger partial charge in [-0.25, -0.2) is 13.6 Å². The van der Waals surface area contributed by atoms with Gasteiger partial charge in [-0.3, -0.25) is 4.98 Å². The summed E-state index contributed by atoms with van der Waals surface area (Å²) in [6, 6.07) is 15.8. The molecule has 162 valence electrons. The molecule has 0 atom stereocenters. The molecule has 1 aromatic heterocycles. The summed E-state index contributed by atoms with van der Waals surface area (Å²) < 4.78 is 52.8. The van der Waals surface area contributed by atoms with E-state index in [1.54, 1.807) is 30.3 Å². The fraction of sp³-hybridized carbons (Fsp3) is 0.0435. The molecule has 2 amide bonds. The molecule has 0 aliphatic carbocycles. The monoisotopic (exact) mass is 457 g/mol. The molecule has 0 aliphatic heterocycles. The van der Waals surface area contributed by atoms with Gasteiger partial charge in [-0.2, -0.15) is 8.78 Å². The Morgan fingerprint density at radius 2 is 1.66 bits per heavy atom. The number of urea groups is 1. The number of hydrogen-bond donors (Lipinski definition) is 2. The lowest BCUT2D eigenvalue weighted by Gasteiger charge is -2.15. The first kappa shape index (κ1) is 21.6. The van der Waals surface area contributed by atoms with Crippen molar-refractivity contribution in [3.63, 3.8) is 0 Å². The van der Waals surface area contributed by atoms with Gasteiger partial charge < -0.3 is 10.6 Å². The summed E-state index contributed by atoms with van der Waals surface area (Å²) in [5.41, 5.74) is 1.94. The highest BCUT2D eigenvalue weighted by atomic mass is 32.2. The van der Waals surface area contributed by atoms with Crippen LogP contribution < -0.4 is 10.6 Å². The van der Waals surface area contributed by atoms with Gasteiger partial charge in [-0.05, 0) is 35.9 Å². The van der Waals surface area contributed by atoms with Crippen molar-refractivity contribution in [2.75, 3.05) is 10.6 Å². The van der Waals surface area contributed by atoms with E-state index in [1.807, 2.05) is 18.2 Å². The summed E-state index contributed by atoms with van der Waals surface area (Å²) in [7, 11) is 0. The number of rotatable bonds is 5. The number of aromatic nitrogens is 1. The SMILES string of the molecule is O=C(Nc1ccc(F)cc1F)Nc1cnc2ccc(SC(F)F)cc2c1-c1ccccc1. The van der Waals surface area contributed by atoms with Crippen molar-refractivity contribution < 1.29 is 22.4 Å². The zero-order chi connectivity index (χ0) is 22.7. The van der Waals surface area contributed by atoms with Crippen LogP contribution >= 0.6 is 11.8 Å². The smallest absolute Gasteiger partial charge is 0.306 e. The molecule has 32 heavy (non-hydrogen) atoms. The van der Waals surface area contributed by atoms with Crippen LogP contribution in [0.3, 0.4) is 0 Å². The van der Waals surface area contributed by atoms with Crippen molar-refractivity contribution in [1.29, 1.82) is 0 Å². The van der Waals surface area contributed by atoms with Gasteiger partial charge in [0.25, 0.3) is 5.76 Å². The quantitative estimate of drug-likeness (QED) is 0.247. The normalized spacial score (nSPS) is 11.0. The van der Waals surface area contributed by atoms with Crippen molar-refractivity contribution in [2.24, 2.45) is 0 Å². The van der Waals surface area contributed by atoms with Crippen molar-refractivity contribution in [3.05, 3.63) is 84.6 Å². The molecule has 0 bridgehead atoms. The van der Waals surface area contributed by atoms with Crippen LogP contribution in [0.2, 0.25) is 0 Å². The van der Waals surface area contributed by atoms with Crippen LogP contribution in [0.1, 0.15) is 0 Å². The molecule has 0 radical (unpaired) electrons. The van der Waals surface area contributed by atoms with Crippen LogP contribution in [0.4, 0.5) is 33.7 Å². The zero-order valence-electron chi connectivity index (χ0n) is 16.3. The van der Waals surface area contributed by atoms with Crippen molar-refractivity contribution >= 4 is 40.1 Å². The average Bonchev–Trinajstić information content (AvgIpc) is 2.75. The van der Waals surface area contributed by atoms with E-state index in [4.69, 9.17) is 0 Å². The number of nitrogens with one attached hydrogen (secondary N) is 2. The Morgan fingerprint density at radius 3 is 2.38 bits per heavy atom. The Bertz CT molecular complexity index is 1290. The number of carbonyl (C=O) groups excluding carboxylic acids is 1. The number of pyridine rings is 1. The van der Waals surface area contributed by atoms with Crippen LogP contribution in [0, 0.1) is 11.6 Å². The molecule has 2 N–H and O–H groups in total. The number of fused-ring (bicyclic) bond motifs is 1. The highest BCUT2D eigenvalue weighted by molar-refractivity contribution is 7.99. The standard InChI is InChI=1S/C23H15F4N3OS/c24-14-6-8-19(17(25)10-14)29-23(31)30-20-12-28-18-9-7-15(32-22(26)27)11-16(18)21(20)13-4-2-1-3-5-13/h1-12,22H,(H2,29,30,31). The van der Waals surface area contributed by atoms with Crippen LogP contribution in [0.15, 0.2) is 77.8 Å². The van der Waals surface area contributed by atoms with Crippen LogP contribution in [0.5, 0.6) is 0 Å². The number of benzene rings is 3. The Balaban J connectivity index is 1.75. The van der Waals surface area contributed by atoms with E-state index >= 15 is 0 Å². The van der Waals surface area contributed by atoms with Gasteiger partial charge in [0.2, 0.25) is 0 Å².